The Bertz CT molecular complexity index is 728. The minimum absolute atomic E-state index is 0. The number of hydrogen-bond donors (Lipinski definition) is 2. The van der Waals surface area contributed by atoms with E-state index in [4.69, 9.17) is 10.5 Å². The number of carbonyl (C=O) groups excluding carboxylic acids is 1. The van der Waals surface area contributed by atoms with Gasteiger partial charge in [-0.05, 0) is 49.1 Å². The molecule has 3 N–H and O–H groups in total. The summed E-state index contributed by atoms with van der Waals surface area (Å²) in [4.78, 5) is 12.7. The Hall–Kier alpha value is -2.04. The van der Waals surface area contributed by atoms with Crippen LogP contribution in [0.3, 0.4) is 0 Å². The second-order valence-electron chi connectivity index (χ2n) is 6.86. The average Bonchev–Trinajstić information content (AvgIpc) is 2.64. The number of para-hydroxylation sites is 1. The number of benzene rings is 2. The van der Waals surface area contributed by atoms with Crippen molar-refractivity contribution in [3.8, 4) is 5.75 Å². The lowest BCUT2D eigenvalue weighted by molar-refractivity contribution is -0.122. The molecule has 26 heavy (non-hydrogen) atoms. The van der Waals surface area contributed by atoms with Crippen LogP contribution in [0, 0.1) is 6.92 Å². The second-order valence-corrected chi connectivity index (χ2v) is 6.86. The highest BCUT2D eigenvalue weighted by molar-refractivity contribution is 5.98. The third kappa shape index (κ3) is 4.77. The summed E-state index contributed by atoms with van der Waals surface area (Å²) >= 11 is 0. The maximum Gasteiger partial charge on any atom is 0.244 e. The van der Waals surface area contributed by atoms with Gasteiger partial charge in [0, 0.05) is 5.69 Å². The minimum atomic E-state index is -0.735. The number of amides is 1. The van der Waals surface area contributed by atoms with E-state index in [1.54, 1.807) is 0 Å². The SMILES string of the molecule is Cc1c(COc2ccccc2)cccc1NC(=O)C1(N)CCCCC1.Cl. The van der Waals surface area contributed by atoms with Gasteiger partial charge in [0.2, 0.25) is 5.91 Å². The van der Waals surface area contributed by atoms with Gasteiger partial charge in [-0.15, -0.1) is 12.4 Å². The molecule has 1 aliphatic carbocycles. The van der Waals surface area contributed by atoms with E-state index in [0.29, 0.717) is 6.61 Å². The zero-order valence-electron chi connectivity index (χ0n) is 15.2. The highest BCUT2D eigenvalue weighted by atomic mass is 35.5. The fraction of sp³-hybridized carbons (Fsp3) is 0.381. The predicted molar refractivity (Wildman–Crippen MR) is 108 cm³/mol. The van der Waals surface area contributed by atoms with E-state index in [-0.39, 0.29) is 18.3 Å². The van der Waals surface area contributed by atoms with Crippen molar-refractivity contribution in [1.29, 1.82) is 0 Å². The van der Waals surface area contributed by atoms with Crippen LogP contribution >= 0.6 is 12.4 Å². The van der Waals surface area contributed by atoms with Crippen molar-refractivity contribution < 1.29 is 9.53 Å². The molecule has 5 heteroatoms. The molecular weight excluding hydrogens is 348 g/mol. The molecule has 0 aliphatic heterocycles. The van der Waals surface area contributed by atoms with Crippen LogP contribution in [0.1, 0.15) is 43.2 Å². The van der Waals surface area contributed by atoms with Gasteiger partial charge in [0.25, 0.3) is 0 Å². The topological polar surface area (TPSA) is 64.3 Å². The quantitative estimate of drug-likeness (QED) is 0.804. The average molecular weight is 375 g/mol. The number of carbonyl (C=O) groups is 1. The number of rotatable bonds is 5. The summed E-state index contributed by atoms with van der Waals surface area (Å²) in [6.45, 7) is 2.47. The summed E-state index contributed by atoms with van der Waals surface area (Å²) in [6, 6.07) is 15.6. The van der Waals surface area contributed by atoms with Gasteiger partial charge in [-0.2, -0.15) is 0 Å². The highest BCUT2D eigenvalue weighted by Gasteiger charge is 2.35. The predicted octanol–water partition coefficient (Wildman–Crippen LogP) is 4.60. The van der Waals surface area contributed by atoms with Crippen LogP contribution in [0.4, 0.5) is 5.69 Å². The fourth-order valence-electron chi connectivity index (χ4n) is 3.31. The zero-order valence-corrected chi connectivity index (χ0v) is 16.0. The summed E-state index contributed by atoms with van der Waals surface area (Å²) in [6.07, 6.45) is 4.72. The van der Waals surface area contributed by atoms with E-state index < -0.39 is 5.54 Å². The fourth-order valence-corrected chi connectivity index (χ4v) is 3.31. The largest absolute Gasteiger partial charge is 0.489 e. The van der Waals surface area contributed by atoms with Crippen molar-refractivity contribution in [3.05, 3.63) is 59.7 Å². The van der Waals surface area contributed by atoms with Gasteiger partial charge in [-0.25, -0.2) is 0 Å². The smallest absolute Gasteiger partial charge is 0.244 e. The van der Waals surface area contributed by atoms with Crippen molar-refractivity contribution in [3.63, 3.8) is 0 Å². The van der Waals surface area contributed by atoms with Crippen molar-refractivity contribution in [2.45, 2.75) is 51.2 Å². The van der Waals surface area contributed by atoms with E-state index in [0.717, 1.165) is 54.7 Å². The summed E-state index contributed by atoms with van der Waals surface area (Å²) in [5, 5.41) is 3.04. The molecule has 0 saturated heterocycles. The summed E-state index contributed by atoms with van der Waals surface area (Å²) < 4.78 is 5.83. The Kier molecular flexibility index (Phi) is 7.06. The van der Waals surface area contributed by atoms with E-state index in [9.17, 15) is 4.79 Å². The minimum Gasteiger partial charge on any atom is -0.489 e. The third-order valence-electron chi connectivity index (χ3n) is 5.03. The van der Waals surface area contributed by atoms with Crippen molar-refractivity contribution in [1.82, 2.24) is 0 Å². The first kappa shape index (κ1) is 20.3. The van der Waals surface area contributed by atoms with Gasteiger partial charge in [0.05, 0.1) is 5.54 Å². The van der Waals surface area contributed by atoms with E-state index >= 15 is 0 Å². The third-order valence-corrected chi connectivity index (χ3v) is 5.03. The summed E-state index contributed by atoms with van der Waals surface area (Å²) in [5.74, 6) is 0.760. The van der Waals surface area contributed by atoms with Gasteiger partial charge < -0.3 is 15.8 Å². The highest BCUT2D eigenvalue weighted by Crippen LogP contribution is 2.28. The molecule has 140 valence electrons. The number of nitrogens with one attached hydrogen (secondary N) is 1. The molecular formula is C21H27ClN2O2. The first-order chi connectivity index (χ1) is 12.1. The lowest BCUT2D eigenvalue weighted by atomic mass is 9.82. The normalized spacial score (nSPS) is 15.6. The molecule has 2 aromatic carbocycles. The Morgan fingerprint density at radius 2 is 1.77 bits per heavy atom. The first-order valence-corrected chi connectivity index (χ1v) is 8.95. The lowest BCUT2D eigenvalue weighted by Crippen LogP contribution is -2.52. The van der Waals surface area contributed by atoms with Crippen LogP contribution in [0.5, 0.6) is 5.75 Å². The van der Waals surface area contributed by atoms with Gasteiger partial charge in [0.1, 0.15) is 12.4 Å². The molecule has 0 heterocycles. The van der Waals surface area contributed by atoms with Gasteiger partial charge in [0.15, 0.2) is 0 Å². The van der Waals surface area contributed by atoms with Crippen LogP contribution < -0.4 is 15.8 Å². The molecule has 1 amide bonds. The van der Waals surface area contributed by atoms with Crippen molar-refractivity contribution >= 4 is 24.0 Å². The lowest BCUT2D eigenvalue weighted by Gasteiger charge is -2.32. The molecule has 4 nitrogen and oxygen atoms in total. The maximum atomic E-state index is 12.7. The molecule has 0 aromatic heterocycles. The molecule has 0 bridgehead atoms. The molecule has 1 fully saturated rings. The standard InChI is InChI=1S/C21H26N2O2.ClH/c1-16-17(15-25-18-10-4-2-5-11-18)9-8-12-19(16)23-20(24)21(22)13-6-3-7-14-21;/h2,4-5,8-12H,3,6-7,13-15,22H2,1H3,(H,23,24);1H. The van der Waals surface area contributed by atoms with Gasteiger partial charge in [-0.3, -0.25) is 4.79 Å². The van der Waals surface area contributed by atoms with Crippen molar-refractivity contribution in [2.75, 3.05) is 5.32 Å². The van der Waals surface area contributed by atoms with E-state index in [1.165, 1.54) is 0 Å². The number of anilines is 1. The molecule has 0 radical (unpaired) electrons. The molecule has 3 rings (SSSR count). The van der Waals surface area contributed by atoms with Crippen molar-refractivity contribution in [2.24, 2.45) is 5.73 Å². The monoisotopic (exact) mass is 374 g/mol. The Morgan fingerprint density at radius 1 is 1.08 bits per heavy atom. The molecule has 0 spiro atoms. The van der Waals surface area contributed by atoms with E-state index in [1.807, 2.05) is 55.5 Å². The van der Waals surface area contributed by atoms with Crippen LogP contribution in [0.2, 0.25) is 0 Å². The number of halogens is 1. The first-order valence-electron chi connectivity index (χ1n) is 8.95. The van der Waals surface area contributed by atoms with Gasteiger partial charge in [-0.1, -0.05) is 49.6 Å². The van der Waals surface area contributed by atoms with Crippen LogP contribution in [0.15, 0.2) is 48.5 Å². The summed E-state index contributed by atoms with van der Waals surface area (Å²) in [5.41, 5.74) is 8.49. The zero-order chi connectivity index (χ0) is 17.7. The molecule has 1 saturated carbocycles. The maximum absolute atomic E-state index is 12.7. The second kappa shape index (κ2) is 9.06. The van der Waals surface area contributed by atoms with Crippen LogP contribution in [-0.2, 0) is 11.4 Å². The number of nitrogens with two attached hydrogens (primary N) is 1. The van der Waals surface area contributed by atoms with Crippen LogP contribution in [0.25, 0.3) is 0 Å². The molecule has 2 aromatic rings. The Balaban J connectivity index is 0.00000243. The Morgan fingerprint density at radius 3 is 2.46 bits per heavy atom. The van der Waals surface area contributed by atoms with E-state index in [2.05, 4.69) is 5.32 Å². The molecule has 0 atom stereocenters. The number of ether oxygens (including phenoxy) is 1. The number of hydrogen-bond acceptors (Lipinski definition) is 3. The van der Waals surface area contributed by atoms with Crippen LogP contribution in [-0.4, -0.2) is 11.4 Å². The molecule has 0 unspecified atom stereocenters. The Labute approximate surface area is 161 Å². The van der Waals surface area contributed by atoms with Gasteiger partial charge >= 0.3 is 0 Å². The molecule has 1 aliphatic rings. The summed E-state index contributed by atoms with van der Waals surface area (Å²) in [7, 11) is 0.